The van der Waals surface area contributed by atoms with E-state index in [2.05, 4.69) is 16.3 Å². The monoisotopic (exact) mass is 272 g/mol. The van der Waals surface area contributed by atoms with Gasteiger partial charge in [0.05, 0.1) is 11.6 Å². The number of piperazine rings is 1. The first-order chi connectivity index (χ1) is 9.74. The Balaban J connectivity index is 1.87. The largest absolute Gasteiger partial charge is 0.368 e. The third-order valence-electron chi connectivity index (χ3n) is 3.45. The molecule has 2 rings (SSSR count). The van der Waals surface area contributed by atoms with Gasteiger partial charge in [-0.05, 0) is 30.7 Å². The van der Waals surface area contributed by atoms with Crippen molar-refractivity contribution >= 4 is 11.7 Å². The second-order valence-electron chi connectivity index (χ2n) is 4.86. The van der Waals surface area contributed by atoms with Crippen molar-refractivity contribution in [2.75, 3.05) is 37.6 Å². The molecular weight excluding hydrogens is 252 g/mol. The molecule has 0 aromatic heterocycles. The second kappa shape index (κ2) is 6.80. The molecule has 1 saturated heterocycles. The van der Waals surface area contributed by atoms with Crippen molar-refractivity contribution in [1.29, 1.82) is 5.26 Å². The molecule has 0 atom stereocenters. The molecule has 1 fully saturated rings. The van der Waals surface area contributed by atoms with Crippen molar-refractivity contribution in [3.8, 4) is 6.07 Å². The lowest BCUT2D eigenvalue weighted by molar-refractivity contribution is 0.194. The Morgan fingerprint density at radius 2 is 1.90 bits per heavy atom. The zero-order valence-electron chi connectivity index (χ0n) is 11.8. The zero-order chi connectivity index (χ0) is 14.4. The van der Waals surface area contributed by atoms with E-state index in [1.807, 2.05) is 36.1 Å². The Kier molecular flexibility index (Phi) is 4.83. The number of nitriles is 1. The lowest BCUT2D eigenvalue weighted by Crippen LogP contribution is -2.52. The summed E-state index contributed by atoms with van der Waals surface area (Å²) in [5, 5.41) is 11.7. The summed E-state index contributed by atoms with van der Waals surface area (Å²) in [4.78, 5) is 15.9. The Morgan fingerprint density at radius 3 is 2.45 bits per heavy atom. The number of hydrogen-bond donors (Lipinski definition) is 1. The second-order valence-corrected chi connectivity index (χ2v) is 4.86. The predicted octanol–water partition coefficient (Wildman–Crippen LogP) is 1.80. The number of nitrogens with zero attached hydrogens (tertiary/aromatic N) is 3. The minimum atomic E-state index is 0.0336. The van der Waals surface area contributed by atoms with E-state index in [1.165, 1.54) is 0 Å². The highest BCUT2D eigenvalue weighted by Crippen LogP contribution is 2.17. The van der Waals surface area contributed by atoms with Gasteiger partial charge in [-0.3, -0.25) is 0 Å². The summed E-state index contributed by atoms with van der Waals surface area (Å²) >= 11 is 0. The molecule has 0 aliphatic carbocycles. The smallest absolute Gasteiger partial charge is 0.317 e. The van der Waals surface area contributed by atoms with E-state index in [0.717, 1.165) is 44.8 Å². The van der Waals surface area contributed by atoms with E-state index >= 15 is 0 Å². The fourth-order valence-electron chi connectivity index (χ4n) is 2.26. The van der Waals surface area contributed by atoms with Gasteiger partial charge >= 0.3 is 6.03 Å². The molecule has 0 saturated carbocycles. The molecule has 1 aliphatic rings. The molecule has 1 N–H and O–H groups in total. The third kappa shape index (κ3) is 3.41. The summed E-state index contributed by atoms with van der Waals surface area (Å²) in [5.74, 6) is 0. The van der Waals surface area contributed by atoms with Crippen molar-refractivity contribution < 1.29 is 4.79 Å². The number of hydrogen-bond acceptors (Lipinski definition) is 3. The van der Waals surface area contributed by atoms with Crippen molar-refractivity contribution in [2.24, 2.45) is 0 Å². The number of carbonyl (C=O) groups excluding carboxylic acids is 1. The van der Waals surface area contributed by atoms with Gasteiger partial charge in [0, 0.05) is 38.4 Å². The van der Waals surface area contributed by atoms with Crippen molar-refractivity contribution in [1.82, 2.24) is 10.2 Å². The van der Waals surface area contributed by atoms with Gasteiger partial charge in [0.25, 0.3) is 0 Å². The summed E-state index contributed by atoms with van der Waals surface area (Å²) in [6.45, 7) is 5.89. The molecule has 5 heteroatoms. The first-order valence-electron chi connectivity index (χ1n) is 7.02. The quantitative estimate of drug-likeness (QED) is 0.912. The fourth-order valence-corrected chi connectivity index (χ4v) is 2.26. The Morgan fingerprint density at radius 1 is 1.25 bits per heavy atom. The fraction of sp³-hybridized carbons (Fsp3) is 0.467. The maximum absolute atomic E-state index is 11.8. The van der Waals surface area contributed by atoms with Crippen molar-refractivity contribution in [2.45, 2.75) is 13.3 Å². The van der Waals surface area contributed by atoms with Gasteiger partial charge in [0.1, 0.15) is 0 Å². The molecule has 0 bridgehead atoms. The lowest BCUT2D eigenvalue weighted by Gasteiger charge is -2.36. The third-order valence-corrected chi connectivity index (χ3v) is 3.45. The van der Waals surface area contributed by atoms with Crippen LogP contribution in [-0.2, 0) is 0 Å². The topological polar surface area (TPSA) is 59.4 Å². The minimum Gasteiger partial charge on any atom is -0.368 e. The standard InChI is InChI=1S/C15H20N4O/c1-2-7-17-15(20)19-10-8-18(9-11-19)14-5-3-13(12-16)4-6-14/h3-6H,2,7-11H2,1H3,(H,17,20). The molecule has 1 heterocycles. The van der Waals surface area contributed by atoms with Crippen LogP contribution in [0.1, 0.15) is 18.9 Å². The molecule has 1 aliphatic heterocycles. The van der Waals surface area contributed by atoms with E-state index in [9.17, 15) is 4.79 Å². The van der Waals surface area contributed by atoms with Gasteiger partial charge < -0.3 is 15.1 Å². The predicted molar refractivity (Wildman–Crippen MR) is 78.6 cm³/mol. The van der Waals surface area contributed by atoms with Crippen LogP contribution in [0.4, 0.5) is 10.5 Å². The summed E-state index contributed by atoms with van der Waals surface area (Å²) in [7, 11) is 0. The first-order valence-corrected chi connectivity index (χ1v) is 7.02. The summed E-state index contributed by atoms with van der Waals surface area (Å²) in [6.07, 6.45) is 0.955. The van der Waals surface area contributed by atoms with E-state index in [1.54, 1.807) is 0 Å². The van der Waals surface area contributed by atoms with Crippen LogP contribution in [0.2, 0.25) is 0 Å². The molecule has 106 valence electrons. The summed E-state index contributed by atoms with van der Waals surface area (Å²) in [6, 6.07) is 9.74. The molecule has 0 radical (unpaired) electrons. The van der Waals surface area contributed by atoms with Crippen LogP contribution >= 0.6 is 0 Å². The maximum atomic E-state index is 11.8. The SMILES string of the molecule is CCCNC(=O)N1CCN(c2ccc(C#N)cc2)CC1. The minimum absolute atomic E-state index is 0.0336. The van der Waals surface area contributed by atoms with Crippen LogP contribution in [0.15, 0.2) is 24.3 Å². The maximum Gasteiger partial charge on any atom is 0.317 e. The van der Waals surface area contributed by atoms with Crippen LogP contribution in [0, 0.1) is 11.3 Å². The van der Waals surface area contributed by atoms with Crippen LogP contribution in [-0.4, -0.2) is 43.7 Å². The molecule has 20 heavy (non-hydrogen) atoms. The van der Waals surface area contributed by atoms with Gasteiger partial charge in [0.15, 0.2) is 0 Å². The average molecular weight is 272 g/mol. The van der Waals surface area contributed by atoms with Crippen molar-refractivity contribution in [3.05, 3.63) is 29.8 Å². The number of urea groups is 1. The Bertz CT molecular complexity index is 484. The van der Waals surface area contributed by atoms with Crippen LogP contribution < -0.4 is 10.2 Å². The van der Waals surface area contributed by atoms with Gasteiger partial charge in [0.2, 0.25) is 0 Å². The number of rotatable bonds is 3. The Hall–Kier alpha value is -2.22. The molecule has 0 spiro atoms. The number of nitrogens with one attached hydrogen (secondary N) is 1. The highest BCUT2D eigenvalue weighted by atomic mass is 16.2. The molecule has 1 aromatic rings. The van der Waals surface area contributed by atoms with Gasteiger partial charge in [-0.2, -0.15) is 5.26 Å². The molecular formula is C15H20N4O. The zero-order valence-corrected chi connectivity index (χ0v) is 11.8. The van der Waals surface area contributed by atoms with E-state index in [-0.39, 0.29) is 6.03 Å². The number of anilines is 1. The van der Waals surface area contributed by atoms with E-state index < -0.39 is 0 Å². The number of amides is 2. The first kappa shape index (κ1) is 14.2. The number of carbonyl (C=O) groups is 1. The average Bonchev–Trinajstić information content (AvgIpc) is 2.53. The molecule has 2 amide bonds. The van der Waals surface area contributed by atoms with E-state index in [4.69, 9.17) is 5.26 Å². The van der Waals surface area contributed by atoms with Gasteiger partial charge in [-0.1, -0.05) is 6.92 Å². The summed E-state index contributed by atoms with van der Waals surface area (Å²) < 4.78 is 0. The van der Waals surface area contributed by atoms with Crippen LogP contribution in [0.3, 0.4) is 0 Å². The lowest BCUT2D eigenvalue weighted by atomic mass is 10.2. The van der Waals surface area contributed by atoms with Crippen molar-refractivity contribution in [3.63, 3.8) is 0 Å². The Labute approximate surface area is 119 Å². The summed E-state index contributed by atoms with van der Waals surface area (Å²) in [5.41, 5.74) is 1.78. The molecule has 1 aromatic carbocycles. The normalized spacial score (nSPS) is 14.8. The van der Waals surface area contributed by atoms with Crippen LogP contribution in [0.5, 0.6) is 0 Å². The highest BCUT2D eigenvalue weighted by Gasteiger charge is 2.20. The van der Waals surface area contributed by atoms with Gasteiger partial charge in [-0.25, -0.2) is 4.79 Å². The number of benzene rings is 1. The molecule has 0 unspecified atom stereocenters. The van der Waals surface area contributed by atoms with E-state index in [0.29, 0.717) is 5.56 Å². The van der Waals surface area contributed by atoms with Crippen LogP contribution in [0.25, 0.3) is 0 Å². The van der Waals surface area contributed by atoms with Gasteiger partial charge in [-0.15, -0.1) is 0 Å². The highest BCUT2D eigenvalue weighted by molar-refractivity contribution is 5.74. The molecule has 5 nitrogen and oxygen atoms in total.